The van der Waals surface area contributed by atoms with Crippen LogP contribution < -0.4 is 10.7 Å². The fraction of sp³-hybridized carbons (Fsp3) is 0.375. The Morgan fingerprint density at radius 3 is 2.69 bits per heavy atom. The number of hydrogen-bond donors (Lipinski definition) is 4. The van der Waals surface area contributed by atoms with E-state index in [0.717, 1.165) is 26.4 Å². The molecule has 3 aromatic rings. The van der Waals surface area contributed by atoms with Gasteiger partial charge in [0.2, 0.25) is 5.91 Å². The highest BCUT2D eigenvalue weighted by molar-refractivity contribution is 7.22. The number of fused-ring (bicyclic) bond motifs is 1. The van der Waals surface area contributed by atoms with Crippen LogP contribution in [0.4, 0.5) is 14.3 Å². The second-order valence-electron chi connectivity index (χ2n) is 8.31. The number of aliphatic hydroxyl groups excluding tert-OH is 2. The molecule has 0 aliphatic heterocycles. The number of ether oxygens (including phenoxy) is 1. The zero-order valence-electron chi connectivity index (χ0n) is 20.0. The smallest absolute Gasteiger partial charge is 0.413 e. The lowest BCUT2D eigenvalue weighted by Gasteiger charge is -2.32. The summed E-state index contributed by atoms with van der Waals surface area (Å²) in [6, 6.07) is 7.39. The first-order chi connectivity index (χ1) is 17.1. The van der Waals surface area contributed by atoms with Gasteiger partial charge in [-0.1, -0.05) is 35.1 Å². The van der Waals surface area contributed by atoms with Crippen LogP contribution in [0.25, 0.3) is 10.2 Å². The maximum absolute atomic E-state index is 13.8. The molecule has 0 saturated carbocycles. The average molecular weight is 539 g/mol. The number of thiazole rings is 1. The Hall–Kier alpha value is -2.83. The third kappa shape index (κ3) is 7.11. The van der Waals surface area contributed by atoms with Gasteiger partial charge in [-0.25, -0.2) is 19.6 Å². The highest BCUT2D eigenvalue weighted by Crippen LogP contribution is 2.28. The summed E-state index contributed by atoms with van der Waals surface area (Å²) in [5.74, 6) is -1.05. The number of aryl methyl sites for hydroxylation is 2. The van der Waals surface area contributed by atoms with Gasteiger partial charge in [0.15, 0.2) is 5.13 Å². The van der Waals surface area contributed by atoms with E-state index in [4.69, 9.17) is 16.3 Å². The molecular formula is C24H28ClFN4O5S. The van der Waals surface area contributed by atoms with Crippen molar-refractivity contribution in [1.29, 1.82) is 0 Å². The van der Waals surface area contributed by atoms with Gasteiger partial charge in [0.05, 0.1) is 34.0 Å². The first kappa shape index (κ1) is 27.8. The van der Waals surface area contributed by atoms with Crippen molar-refractivity contribution in [2.75, 3.05) is 18.5 Å². The van der Waals surface area contributed by atoms with Gasteiger partial charge in [-0.05, 0) is 48.7 Å². The lowest BCUT2D eigenvalue weighted by molar-refractivity contribution is -0.137. The maximum atomic E-state index is 13.8. The van der Waals surface area contributed by atoms with Crippen molar-refractivity contribution in [3.63, 3.8) is 0 Å². The summed E-state index contributed by atoms with van der Waals surface area (Å²) in [4.78, 5) is 29.2. The Morgan fingerprint density at radius 2 is 2.00 bits per heavy atom. The van der Waals surface area contributed by atoms with E-state index in [1.54, 1.807) is 6.07 Å². The molecular weight excluding hydrogens is 511 g/mol. The highest BCUT2D eigenvalue weighted by atomic mass is 35.5. The summed E-state index contributed by atoms with van der Waals surface area (Å²) in [5, 5.41) is 23.3. The molecule has 2 atom stereocenters. The molecule has 0 spiro atoms. The number of carbonyl (C=O) groups is 2. The Labute approximate surface area is 216 Å². The second kappa shape index (κ2) is 12.4. The standard InChI is InChI=1S/C24H28ClFN4O5S/c1-13-7-20-21(8-14(13)2)36-23(28-20)29-24(34)35-12-17(9-18(33)11-31)30(15(3)32)27-10-16-5-4-6-19(26)22(16)25/h4-8,17-18,27,31,33H,9-12H2,1-3H3,(H,28,29,34)/t17-,18+/m0/s1. The molecule has 36 heavy (non-hydrogen) atoms. The first-order valence-electron chi connectivity index (χ1n) is 11.2. The van der Waals surface area contributed by atoms with Gasteiger partial charge >= 0.3 is 6.09 Å². The van der Waals surface area contributed by atoms with Gasteiger partial charge < -0.3 is 14.9 Å². The van der Waals surface area contributed by atoms with Crippen molar-refractivity contribution in [3.8, 4) is 0 Å². The minimum atomic E-state index is -1.17. The molecule has 9 nitrogen and oxygen atoms in total. The van der Waals surface area contributed by atoms with E-state index < -0.39 is 36.6 Å². The van der Waals surface area contributed by atoms with Crippen LogP contribution in [0.3, 0.4) is 0 Å². The minimum Gasteiger partial charge on any atom is -0.447 e. The molecule has 0 fully saturated rings. The number of hydrogen-bond acceptors (Lipinski definition) is 8. The summed E-state index contributed by atoms with van der Waals surface area (Å²) in [5.41, 5.74) is 6.21. The van der Waals surface area contributed by atoms with E-state index in [9.17, 15) is 24.2 Å². The van der Waals surface area contributed by atoms with Crippen molar-refractivity contribution in [3.05, 3.63) is 57.9 Å². The number of rotatable bonds is 10. The molecule has 12 heteroatoms. The van der Waals surface area contributed by atoms with Crippen molar-refractivity contribution >= 4 is 50.3 Å². The molecule has 1 heterocycles. The molecule has 0 unspecified atom stereocenters. The van der Waals surface area contributed by atoms with Gasteiger partial charge in [-0.15, -0.1) is 0 Å². The minimum absolute atomic E-state index is 0.00136. The van der Waals surface area contributed by atoms with Gasteiger partial charge in [-0.2, -0.15) is 0 Å². The largest absolute Gasteiger partial charge is 0.447 e. The van der Waals surface area contributed by atoms with Gasteiger partial charge in [-0.3, -0.25) is 15.1 Å². The average Bonchev–Trinajstić information content (AvgIpc) is 3.20. The lowest BCUT2D eigenvalue weighted by Crippen LogP contribution is -2.52. The first-order valence-corrected chi connectivity index (χ1v) is 12.3. The summed E-state index contributed by atoms with van der Waals surface area (Å²) in [6.07, 6.45) is -2.05. The zero-order chi connectivity index (χ0) is 26.4. The molecule has 194 valence electrons. The van der Waals surface area contributed by atoms with Crippen LogP contribution in [-0.2, 0) is 16.1 Å². The fourth-order valence-corrected chi connectivity index (χ4v) is 4.64. The molecule has 0 saturated heterocycles. The molecule has 2 amide bonds. The monoisotopic (exact) mass is 538 g/mol. The Morgan fingerprint density at radius 1 is 1.28 bits per heavy atom. The van der Waals surface area contributed by atoms with Gasteiger partial charge in [0.25, 0.3) is 0 Å². The molecule has 1 aromatic heterocycles. The second-order valence-corrected chi connectivity index (χ2v) is 9.72. The number of anilines is 1. The third-order valence-corrected chi connectivity index (χ3v) is 6.91. The van der Waals surface area contributed by atoms with Crippen LogP contribution in [0.2, 0.25) is 5.02 Å². The number of carbonyl (C=O) groups excluding carboxylic acids is 2. The number of amides is 2. The molecule has 4 N–H and O–H groups in total. The van der Waals surface area contributed by atoms with Gasteiger partial charge in [0, 0.05) is 19.9 Å². The molecule has 0 bridgehead atoms. The topological polar surface area (TPSA) is 124 Å². The SMILES string of the molecule is CC(=O)N(NCc1cccc(F)c1Cl)[C@H](COC(=O)Nc1nc2cc(C)c(C)cc2s1)C[C@@H](O)CO. The molecule has 0 aliphatic carbocycles. The zero-order valence-corrected chi connectivity index (χ0v) is 21.6. The third-order valence-electron chi connectivity index (χ3n) is 5.55. The van der Waals surface area contributed by atoms with Crippen molar-refractivity contribution < 1.29 is 28.9 Å². The number of halogens is 2. The van der Waals surface area contributed by atoms with Crippen LogP contribution in [0.1, 0.15) is 30.0 Å². The normalized spacial score (nSPS) is 12.9. The van der Waals surface area contributed by atoms with E-state index >= 15 is 0 Å². The van der Waals surface area contributed by atoms with Crippen LogP contribution >= 0.6 is 22.9 Å². The van der Waals surface area contributed by atoms with E-state index in [1.165, 1.54) is 30.4 Å². The maximum Gasteiger partial charge on any atom is 0.413 e. The van der Waals surface area contributed by atoms with Crippen molar-refractivity contribution in [1.82, 2.24) is 15.4 Å². The van der Waals surface area contributed by atoms with E-state index in [1.807, 2.05) is 26.0 Å². The number of hydrazine groups is 1. The predicted molar refractivity (Wildman–Crippen MR) is 136 cm³/mol. The Kier molecular flexibility index (Phi) is 9.57. The quantitative estimate of drug-likeness (QED) is 0.288. The number of benzene rings is 2. The highest BCUT2D eigenvalue weighted by Gasteiger charge is 2.26. The lowest BCUT2D eigenvalue weighted by atomic mass is 10.1. The van der Waals surface area contributed by atoms with E-state index in [0.29, 0.717) is 10.7 Å². The number of nitrogens with one attached hydrogen (secondary N) is 2. The summed E-state index contributed by atoms with van der Waals surface area (Å²) in [7, 11) is 0. The van der Waals surface area contributed by atoms with E-state index in [-0.39, 0.29) is 24.6 Å². The number of nitrogens with zero attached hydrogens (tertiary/aromatic N) is 2. The Balaban J connectivity index is 1.68. The molecule has 0 aliphatic rings. The van der Waals surface area contributed by atoms with Crippen molar-refractivity contribution in [2.45, 2.75) is 45.9 Å². The fourth-order valence-electron chi connectivity index (χ4n) is 3.52. The van der Waals surface area contributed by atoms with Crippen LogP contribution in [0.15, 0.2) is 30.3 Å². The van der Waals surface area contributed by atoms with Crippen LogP contribution in [-0.4, -0.2) is 57.6 Å². The van der Waals surface area contributed by atoms with Gasteiger partial charge in [0.1, 0.15) is 12.4 Å². The van der Waals surface area contributed by atoms with Crippen LogP contribution in [0.5, 0.6) is 0 Å². The molecule has 0 radical (unpaired) electrons. The number of aromatic nitrogens is 1. The van der Waals surface area contributed by atoms with E-state index in [2.05, 4.69) is 15.7 Å². The molecule has 3 rings (SSSR count). The summed E-state index contributed by atoms with van der Waals surface area (Å²) < 4.78 is 20.0. The van der Waals surface area contributed by atoms with Crippen LogP contribution in [0, 0.1) is 19.7 Å². The molecule has 2 aromatic carbocycles. The summed E-state index contributed by atoms with van der Waals surface area (Å²) in [6.45, 7) is 4.41. The number of aliphatic hydroxyl groups is 2. The predicted octanol–water partition coefficient (Wildman–Crippen LogP) is 3.92. The summed E-state index contributed by atoms with van der Waals surface area (Å²) >= 11 is 7.30. The Bertz CT molecular complexity index is 1200. The van der Waals surface area contributed by atoms with Crippen molar-refractivity contribution in [2.24, 2.45) is 0 Å².